The lowest BCUT2D eigenvalue weighted by atomic mass is 10.2. The normalized spacial score (nSPS) is 11.4. The zero-order valence-corrected chi connectivity index (χ0v) is 13.4. The molecule has 3 N–H and O–H groups in total. The van der Waals surface area contributed by atoms with Crippen molar-refractivity contribution in [1.82, 2.24) is 4.98 Å². The molecule has 1 heterocycles. The highest BCUT2D eigenvalue weighted by molar-refractivity contribution is 7.92. The van der Waals surface area contributed by atoms with Gasteiger partial charge in [-0.25, -0.2) is 8.42 Å². The third-order valence-corrected chi connectivity index (χ3v) is 5.08. The van der Waals surface area contributed by atoms with Crippen molar-refractivity contribution in [1.29, 1.82) is 0 Å². The monoisotopic (exact) mass is 345 g/mol. The average molecular weight is 346 g/mol. The Morgan fingerprint density at radius 2 is 2.00 bits per heavy atom. The van der Waals surface area contributed by atoms with E-state index in [9.17, 15) is 8.42 Å². The second-order valence-corrected chi connectivity index (χ2v) is 6.84. The van der Waals surface area contributed by atoms with E-state index in [-0.39, 0.29) is 16.5 Å². The minimum absolute atomic E-state index is 0.0336. The SMILES string of the molecule is Cc1ccncc1NS(=O)(=O)c1cc(CN)c(Cl)cc1Cl. The van der Waals surface area contributed by atoms with Gasteiger partial charge in [-0.15, -0.1) is 0 Å². The van der Waals surface area contributed by atoms with Crippen molar-refractivity contribution < 1.29 is 8.42 Å². The molecule has 0 aliphatic rings. The van der Waals surface area contributed by atoms with Crippen LogP contribution in [0.4, 0.5) is 5.69 Å². The molecule has 0 radical (unpaired) electrons. The van der Waals surface area contributed by atoms with Crippen molar-refractivity contribution in [3.8, 4) is 0 Å². The zero-order valence-electron chi connectivity index (χ0n) is 11.1. The predicted molar refractivity (Wildman–Crippen MR) is 84.1 cm³/mol. The van der Waals surface area contributed by atoms with Crippen molar-refractivity contribution in [3.63, 3.8) is 0 Å². The van der Waals surface area contributed by atoms with Crippen LogP contribution in [-0.2, 0) is 16.6 Å². The summed E-state index contributed by atoms with van der Waals surface area (Å²) < 4.78 is 27.3. The number of pyridine rings is 1. The molecule has 112 valence electrons. The van der Waals surface area contributed by atoms with Crippen molar-refractivity contribution in [2.24, 2.45) is 5.73 Å². The third-order valence-electron chi connectivity index (χ3n) is 2.89. The molecule has 8 heteroatoms. The molecular formula is C13H13Cl2N3O2S. The molecule has 1 aromatic carbocycles. The lowest BCUT2D eigenvalue weighted by Crippen LogP contribution is -2.15. The summed E-state index contributed by atoms with van der Waals surface area (Å²) >= 11 is 11.9. The molecular weight excluding hydrogens is 333 g/mol. The molecule has 2 rings (SSSR count). The number of nitrogens with one attached hydrogen (secondary N) is 1. The Morgan fingerprint density at radius 3 is 2.62 bits per heavy atom. The lowest BCUT2D eigenvalue weighted by molar-refractivity contribution is 0.601. The second-order valence-electron chi connectivity index (χ2n) is 4.37. The van der Waals surface area contributed by atoms with Crippen LogP contribution in [-0.4, -0.2) is 13.4 Å². The minimum Gasteiger partial charge on any atom is -0.326 e. The summed E-state index contributed by atoms with van der Waals surface area (Å²) in [5, 5.41) is 0.366. The van der Waals surface area contributed by atoms with E-state index in [1.165, 1.54) is 18.3 Å². The molecule has 0 fully saturated rings. The molecule has 0 spiro atoms. The molecule has 0 amide bonds. The van der Waals surface area contributed by atoms with Crippen molar-refractivity contribution in [3.05, 3.63) is 51.8 Å². The number of rotatable bonds is 4. The first-order valence-corrected chi connectivity index (χ1v) is 8.20. The standard InChI is InChI=1S/C13H13Cl2N3O2S/c1-8-2-3-17-7-12(8)18-21(19,20)13-4-9(6-16)10(14)5-11(13)15/h2-5,7,18H,6,16H2,1H3. The molecule has 0 unspecified atom stereocenters. The van der Waals surface area contributed by atoms with Crippen LogP contribution in [0.2, 0.25) is 10.0 Å². The fraction of sp³-hybridized carbons (Fsp3) is 0.154. The van der Waals surface area contributed by atoms with Gasteiger partial charge in [0.2, 0.25) is 0 Å². The number of nitrogens with two attached hydrogens (primary N) is 1. The van der Waals surface area contributed by atoms with Crippen LogP contribution in [0.25, 0.3) is 0 Å². The highest BCUT2D eigenvalue weighted by Crippen LogP contribution is 2.30. The third kappa shape index (κ3) is 3.47. The summed E-state index contributed by atoms with van der Waals surface area (Å²) in [5.41, 5.74) is 7.18. The average Bonchev–Trinajstić information content (AvgIpc) is 2.41. The number of benzene rings is 1. The summed E-state index contributed by atoms with van der Waals surface area (Å²) in [5.74, 6) is 0. The van der Waals surface area contributed by atoms with Gasteiger partial charge in [-0.3, -0.25) is 9.71 Å². The molecule has 0 bridgehead atoms. The Morgan fingerprint density at radius 1 is 1.29 bits per heavy atom. The first-order chi connectivity index (χ1) is 9.85. The van der Waals surface area contributed by atoms with E-state index in [4.69, 9.17) is 28.9 Å². The zero-order chi connectivity index (χ0) is 15.6. The maximum Gasteiger partial charge on any atom is 0.263 e. The highest BCUT2D eigenvalue weighted by atomic mass is 35.5. The van der Waals surface area contributed by atoms with Crippen molar-refractivity contribution >= 4 is 38.9 Å². The smallest absolute Gasteiger partial charge is 0.263 e. The van der Waals surface area contributed by atoms with E-state index < -0.39 is 10.0 Å². The topological polar surface area (TPSA) is 85.1 Å². The van der Waals surface area contributed by atoms with E-state index in [0.717, 1.165) is 5.56 Å². The maximum absolute atomic E-state index is 12.4. The second kappa shape index (κ2) is 6.19. The molecule has 2 aromatic rings. The van der Waals surface area contributed by atoms with Gasteiger partial charge in [-0.2, -0.15) is 0 Å². The van der Waals surface area contributed by atoms with E-state index in [1.807, 2.05) is 0 Å². The van der Waals surface area contributed by atoms with Gasteiger partial charge in [0, 0.05) is 17.8 Å². The van der Waals surface area contributed by atoms with E-state index >= 15 is 0 Å². The fourth-order valence-corrected chi connectivity index (χ4v) is 3.70. The summed E-state index contributed by atoms with van der Waals surface area (Å²) in [7, 11) is -3.85. The first-order valence-electron chi connectivity index (χ1n) is 5.96. The first kappa shape index (κ1) is 16.0. The van der Waals surface area contributed by atoms with Crippen LogP contribution in [0.3, 0.4) is 0 Å². The van der Waals surface area contributed by atoms with Crippen molar-refractivity contribution in [2.45, 2.75) is 18.4 Å². The van der Waals surface area contributed by atoms with Gasteiger partial charge in [0.15, 0.2) is 0 Å². The predicted octanol–water partition coefficient (Wildman–Crippen LogP) is 2.96. The van der Waals surface area contributed by atoms with E-state index in [0.29, 0.717) is 16.3 Å². The summed E-state index contributed by atoms with van der Waals surface area (Å²) in [6.07, 6.45) is 3.01. The quantitative estimate of drug-likeness (QED) is 0.891. The highest BCUT2D eigenvalue weighted by Gasteiger charge is 2.20. The number of halogens is 2. The molecule has 0 atom stereocenters. The maximum atomic E-state index is 12.4. The van der Waals surface area contributed by atoms with Crippen LogP contribution in [0.5, 0.6) is 0 Å². The number of nitrogens with zero attached hydrogens (tertiary/aromatic N) is 1. The minimum atomic E-state index is -3.85. The van der Waals surface area contributed by atoms with Gasteiger partial charge in [0.1, 0.15) is 4.90 Å². The number of anilines is 1. The number of aromatic nitrogens is 1. The molecule has 0 saturated heterocycles. The van der Waals surface area contributed by atoms with Gasteiger partial charge in [0.05, 0.1) is 16.9 Å². The van der Waals surface area contributed by atoms with Gasteiger partial charge in [0.25, 0.3) is 10.0 Å². The van der Waals surface area contributed by atoms with Gasteiger partial charge < -0.3 is 5.73 Å². The molecule has 0 saturated carbocycles. The molecule has 5 nitrogen and oxygen atoms in total. The Kier molecular flexibility index (Phi) is 4.73. The Hall–Kier alpha value is -1.34. The van der Waals surface area contributed by atoms with Crippen LogP contribution in [0.15, 0.2) is 35.5 Å². The Labute approximate surface area is 133 Å². The molecule has 1 aromatic heterocycles. The summed E-state index contributed by atoms with van der Waals surface area (Å²) in [6.45, 7) is 1.89. The van der Waals surface area contributed by atoms with Crippen LogP contribution >= 0.6 is 23.2 Å². The molecule has 0 aliphatic heterocycles. The van der Waals surface area contributed by atoms with Gasteiger partial charge >= 0.3 is 0 Å². The molecule has 21 heavy (non-hydrogen) atoms. The number of sulfonamides is 1. The number of hydrogen-bond donors (Lipinski definition) is 2. The fourth-order valence-electron chi connectivity index (χ4n) is 1.70. The number of hydrogen-bond acceptors (Lipinski definition) is 4. The lowest BCUT2D eigenvalue weighted by Gasteiger charge is -2.13. The Balaban J connectivity index is 2.47. The van der Waals surface area contributed by atoms with Crippen LogP contribution in [0, 0.1) is 6.92 Å². The van der Waals surface area contributed by atoms with E-state index in [2.05, 4.69) is 9.71 Å². The van der Waals surface area contributed by atoms with Gasteiger partial charge in [-0.1, -0.05) is 23.2 Å². The van der Waals surface area contributed by atoms with Gasteiger partial charge in [-0.05, 0) is 36.2 Å². The van der Waals surface area contributed by atoms with Crippen molar-refractivity contribution in [2.75, 3.05) is 4.72 Å². The summed E-state index contributed by atoms with van der Waals surface area (Å²) in [4.78, 5) is 3.82. The number of aryl methyl sites for hydroxylation is 1. The molecule has 0 aliphatic carbocycles. The van der Waals surface area contributed by atoms with E-state index in [1.54, 1.807) is 19.2 Å². The van der Waals surface area contributed by atoms with Crippen LogP contribution < -0.4 is 10.5 Å². The summed E-state index contributed by atoms with van der Waals surface area (Å²) in [6, 6.07) is 4.45. The Bertz CT molecular complexity index is 779. The largest absolute Gasteiger partial charge is 0.326 e. The van der Waals surface area contributed by atoms with Crippen LogP contribution in [0.1, 0.15) is 11.1 Å².